The summed E-state index contributed by atoms with van der Waals surface area (Å²) in [7, 11) is 5.81. The fourth-order valence-electron chi connectivity index (χ4n) is 1.92. The lowest BCUT2D eigenvalue weighted by Crippen LogP contribution is -2.00. The summed E-state index contributed by atoms with van der Waals surface area (Å²) in [5.74, 6) is 0. The number of hydrogen-bond acceptors (Lipinski definition) is 3. The fraction of sp³-hybridized carbons (Fsp3) is 0. The van der Waals surface area contributed by atoms with Crippen LogP contribution in [-0.4, -0.2) is 12.8 Å². The number of nitrogens with zero attached hydrogens (tertiary/aromatic N) is 1. The van der Waals surface area contributed by atoms with Gasteiger partial charge < -0.3 is 10.2 Å². The Kier molecular flexibility index (Phi) is 2.15. The van der Waals surface area contributed by atoms with Crippen molar-refractivity contribution in [3.63, 3.8) is 0 Å². The molecule has 2 aromatic carbocycles. The maximum absolute atomic E-state index is 5.81. The zero-order chi connectivity index (χ0) is 11.8. The number of hydrogen-bond donors (Lipinski definition) is 1. The third-order valence-corrected chi connectivity index (χ3v) is 2.70. The van der Waals surface area contributed by atoms with E-state index in [0.717, 1.165) is 27.5 Å². The molecule has 1 heterocycles. The summed E-state index contributed by atoms with van der Waals surface area (Å²) in [5, 5.41) is 2.15. The van der Waals surface area contributed by atoms with Crippen LogP contribution in [0.25, 0.3) is 22.0 Å². The maximum Gasteiger partial charge on any atom is 0.292 e. The lowest BCUT2D eigenvalue weighted by atomic mass is 9.91. The molecular formula is C13H9BN2O. The molecule has 2 radical (unpaired) electrons. The van der Waals surface area contributed by atoms with Crippen LogP contribution in [0.15, 0.2) is 47.1 Å². The first kappa shape index (κ1) is 9.96. The molecule has 0 aliphatic rings. The van der Waals surface area contributed by atoms with Crippen molar-refractivity contribution in [3.8, 4) is 11.3 Å². The van der Waals surface area contributed by atoms with Crippen LogP contribution in [0.5, 0.6) is 0 Å². The Hall–Kier alpha value is -2.23. The number of oxazole rings is 1. The Morgan fingerprint density at radius 3 is 2.82 bits per heavy atom. The molecule has 0 saturated carbocycles. The van der Waals surface area contributed by atoms with Crippen LogP contribution in [0.2, 0.25) is 0 Å². The van der Waals surface area contributed by atoms with Gasteiger partial charge in [-0.15, -0.1) is 0 Å². The minimum atomic E-state index is 0.168. The van der Waals surface area contributed by atoms with E-state index < -0.39 is 0 Å². The third-order valence-electron chi connectivity index (χ3n) is 2.70. The molecule has 0 atom stereocenters. The Balaban J connectivity index is 2.32. The van der Waals surface area contributed by atoms with E-state index in [9.17, 15) is 0 Å². The molecule has 0 amide bonds. The van der Waals surface area contributed by atoms with Crippen LogP contribution in [0.4, 0.5) is 6.01 Å². The molecule has 4 heteroatoms. The number of aromatic nitrogens is 1. The SMILES string of the molecule is [B]c1ccc2cccc(-c3coc(N)n3)c2c1. The zero-order valence-corrected chi connectivity index (χ0v) is 9.05. The molecule has 3 rings (SSSR count). The summed E-state index contributed by atoms with van der Waals surface area (Å²) in [6.07, 6.45) is 1.55. The molecule has 0 saturated heterocycles. The van der Waals surface area contributed by atoms with Crippen LogP contribution in [-0.2, 0) is 0 Å². The van der Waals surface area contributed by atoms with E-state index in [2.05, 4.69) is 4.98 Å². The van der Waals surface area contributed by atoms with Gasteiger partial charge in [-0.1, -0.05) is 41.9 Å². The maximum atomic E-state index is 5.81. The molecule has 0 unspecified atom stereocenters. The van der Waals surface area contributed by atoms with E-state index in [4.69, 9.17) is 18.0 Å². The minimum absolute atomic E-state index is 0.168. The predicted molar refractivity (Wildman–Crippen MR) is 69.2 cm³/mol. The average molecular weight is 220 g/mol. The highest BCUT2D eigenvalue weighted by molar-refractivity contribution is 6.33. The number of anilines is 1. The zero-order valence-electron chi connectivity index (χ0n) is 9.05. The Bertz CT molecular complexity index is 691. The van der Waals surface area contributed by atoms with E-state index >= 15 is 0 Å². The van der Waals surface area contributed by atoms with Crippen LogP contribution < -0.4 is 11.2 Å². The first-order valence-corrected chi connectivity index (χ1v) is 5.24. The molecule has 3 nitrogen and oxygen atoms in total. The van der Waals surface area contributed by atoms with E-state index in [1.807, 2.05) is 36.4 Å². The molecule has 0 bridgehead atoms. The number of nitrogen functional groups attached to an aromatic ring is 1. The normalized spacial score (nSPS) is 10.8. The summed E-state index contributed by atoms with van der Waals surface area (Å²) >= 11 is 0. The highest BCUT2D eigenvalue weighted by Crippen LogP contribution is 2.27. The molecular weight excluding hydrogens is 211 g/mol. The minimum Gasteiger partial charge on any atom is -0.432 e. The summed E-state index contributed by atoms with van der Waals surface area (Å²) in [4.78, 5) is 4.13. The van der Waals surface area contributed by atoms with Crippen molar-refractivity contribution >= 4 is 30.1 Å². The smallest absolute Gasteiger partial charge is 0.292 e. The van der Waals surface area contributed by atoms with Gasteiger partial charge in [-0.25, -0.2) is 0 Å². The summed E-state index contributed by atoms with van der Waals surface area (Å²) < 4.78 is 5.03. The first-order chi connectivity index (χ1) is 8.24. The Labute approximate surface area is 99.7 Å². The third kappa shape index (κ3) is 1.67. The lowest BCUT2D eigenvalue weighted by molar-refractivity contribution is 0.581. The van der Waals surface area contributed by atoms with E-state index in [1.54, 1.807) is 6.26 Å². The number of fused-ring (bicyclic) bond motifs is 1. The Morgan fingerprint density at radius 2 is 2.06 bits per heavy atom. The largest absolute Gasteiger partial charge is 0.432 e. The second kappa shape index (κ2) is 3.66. The van der Waals surface area contributed by atoms with Gasteiger partial charge in [0.1, 0.15) is 19.8 Å². The van der Waals surface area contributed by atoms with Crippen molar-refractivity contribution in [1.29, 1.82) is 0 Å². The highest BCUT2D eigenvalue weighted by atomic mass is 16.4. The van der Waals surface area contributed by atoms with Crippen LogP contribution in [0.1, 0.15) is 0 Å². The van der Waals surface area contributed by atoms with Gasteiger partial charge in [-0.3, -0.25) is 0 Å². The van der Waals surface area contributed by atoms with E-state index in [1.165, 1.54) is 0 Å². The van der Waals surface area contributed by atoms with Crippen molar-refractivity contribution in [1.82, 2.24) is 4.98 Å². The van der Waals surface area contributed by atoms with E-state index in [0.29, 0.717) is 0 Å². The van der Waals surface area contributed by atoms with E-state index in [-0.39, 0.29) is 6.01 Å². The Morgan fingerprint density at radius 1 is 1.18 bits per heavy atom. The molecule has 80 valence electrons. The molecule has 3 aromatic rings. The number of rotatable bonds is 1. The van der Waals surface area contributed by atoms with Gasteiger partial charge in [0, 0.05) is 5.56 Å². The molecule has 0 aliphatic carbocycles. The second-order valence-corrected chi connectivity index (χ2v) is 3.86. The van der Waals surface area contributed by atoms with Gasteiger partial charge >= 0.3 is 0 Å². The standard InChI is InChI=1S/C13H9BN2O/c14-9-5-4-8-2-1-3-10(11(8)6-9)12-7-17-13(15)16-12/h1-7H,(H2,15,16). The van der Waals surface area contributed by atoms with Crippen LogP contribution >= 0.6 is 0 Å². The topological polar surface area (TPSA) is 52.0 Å². The predicted octanol–water partition coefficient (Wildman–Crippen LogP) is 1.87. The van der Waals surface area contributed by atoms with Gasteiger partial charge in [-0.2, -0.15) is 4.98 Å². The van der Waals surface area contributed by atoms with Crippen molar-refractivity contribution < 1.29 is 4.42 Å². The molecule has 17 heavy (non-hydrogen) atoms. The fourth-order valence-corrected chi connectivity index (χ4v) is 1.92. The van der Waals surface area contributed by atoms with Crippen molar-refractivity contribution in [3.05, 3.63) is 42.7 Å². The van der Waals surface area contributed by atoms with Crippen LogP contribution in [0, 0.1) is 0 Å². The lowest BCUT2D eigenvalue weighted by Gasteiger charge is -2.04. The van der Waals surface area contributed by atoms with Crippen molar-refractivity contribution in [2.75, 3.05) is 5.73 Å². The molecule has 2 N–H and O–H groups in total. The summed E-state index contributed by atoms with van der Waals surface area (Å²) in [5.41, 5.74) is 7.90. The molecule has 0 aliphatic heterocycles. The van der Waals surface area contributed by atoms with Crippen molar-refractivity contribution in [2.45, 2.75) is 0 Å². The molecule has 0 fully saturated rings. The van der Waals surface area contributed by atoms with Gasteiger partial charge in [0.2, 0.25) is 0 Å². The average Bonchev–Trinajstić information content (AvgIpc) is 2.75. The quantitative estimate of drug-likeness (QED) is 0.637. The first-order valence-electron chi connectivity index (χ1n) is 5.24. The van der Waals surface area contributed by atoms with Crippen LogP contribution in [0.3, 0.4) is 0 Å². The van der Waals surface area contributed by atoms with Gasteiger partial charge in [0.15, 0.2) is 0 Å². The van der Waals surface area contributed by atoms with Gasteiger partial charge in [-0.05, 0) is 10.8 Å². The van der Waals surface area contributed by atoms with Crippen molar-refractivity contribution in [2.24, 2.45) is 0 Å². The van der Waals surface area contributed by atoms with Gasteiger partial charge in [0.05, 0.1) is 0 Å². The number of benzene rings is 2. The molecule has 0 spiro atoms. The second-order valence-electron chi connectivity index (χ2n) is 3.86. The summed E-state index contributed by atoms with van der Waals surface area (Å²) in [6, 6.07) is 11.9. The summed E-state index contributed by atoms with van der Waals surface area (Å²) in [6.45, 7) is 0. The highest BCUT2D eigenvalue weighted by Gasteiger charge is 2.07. The monoisotopic (exact) mass is 220 g/mol. The molecule has 1 aromatic heterocycles. The van der Waals surface area contributed by atoms with Gasteiger partial charge in [0.25, 0.3) is 6.01 Å². The number of nitrogens with two attached hydrogens (primary N) is 1.